The molecule has 0 radical (unpaired) electrons. The molecule has 3 N–H and O–H groups in total. The van der Waals surface area contributed by atoms with Gasteiger partial charge in [0, 0.05) is 31.1 Å². The highest BCUT2D eigenvalue weighted by Gasteiger charge is 2.19. The van der Waals surface area contributed by atoms with Crippen molar-refractivity contribution >= 4 is 23.3 Å². The van der Waals surface area contributed by atoms with Gasteiger partial charge in [-0.3, -0.25) is 0 Å². The van der Waals surface area contributed by atoms with Crippen LogP contribution in [0.2, 0.25) is 0 Å². The van der Waals surface area contributed by atoms with Crippen LogP contribution in [0.5, 0.6) is 0 Å². The van der Waals surface area contributed by atoms with Crippen molar-refractivity contribution in [1.82, 2.24) is 15.6 Å². The van der Waals surface area contributed by atoms with Gasteiger partial charge < -0.3 is 20.5 Å². The van der Waals surface area contributed by atoms with Crippen LogP contribution in [0.4, 0.5) is 4.79 Å². The molecule has 0 aliphatic rings. The Morgan fingerprint density at radius 1 is 1.58 bits per heavy atom. The Balaban J connectivity index is 2.28. The van der Waals surface area contributed by atoms with E-state index in [9.17, 15) is 9.59 Å². The van der Waals surface area contributed by atoms with Crippen LogP contribution in [0.3, 0.4) is 0 Å². The van der Waals surface area contributed by atoms with Gasteiger partial charge >= 0.3 is 12.0 Å². The molecule has 2 amide bonds. The quantitative estimate of drug-likeness (QED) is 0.673. The number of amides is 2. The highest BCUT2D eigenvalue weighted by atomic mass is 32.1. The molecule has 0 aromatic carbocycles. The van der Waals surface area contributed by atoms with E-state index in [0.717, 1.165) is 10.7 Å². The third kappa shape index (κ3) is 5.66. The average Bonchev–Trinajstić information content (AvgIpc) is 2.74. The largest absolute Gasteiger partial charge is 0.480 e. The first-order valence-corrected chi connectivity index (χ1v) is 6.58. The Labute approximate surface area is 115 Å². The van der Waals surface area contributed by atoms with Gasteiger partial charge in [0.15, 0.2) is 6.04 Å². The van der Waals surface area contributed by atoms with Gasteiger partial charge in [-0.25, -0.2) is 14.6 Å². The number of aliphatic carboxylic acids is 1. The lowest BCUT2D eigenvalue weighted by Gasteiger charge is -2.13. The van der Waals surface area contributed by atoms with Gasteiger partial charge in [-0.15, -0.1) is 11.3 Å². The van der Waals surface area contributed by atoms with E-state index in [-0.39, 0.29) is 6.61 Å². The Bertz CT molecular complexity index is 435. The van der Waals surface area contributed by atoms with Crippen molar-refractivity contribution in [3.63, 3.8) is 0 Å². The minimum atomic E-state index is -1.13. The Kier molecular flexibility index (Phi) is 6.23. The summed E-state index contributed by atoms with van der Waals surface area (Å²) in [6.07, 6.45) is 0.619. The second kappa shape index (κ2) is 7.70. The molecule has 8 heteroatoms. The summed E-state index contributed by atoms with van der Waals surface area (Å²) in [6, 6.07) is -1.58. The fraction of sp³-hybridized carbons (Fsp3) is 0.545. The summed E-state index contributed by atoms with van der Waals surface area (Å²) in [6.45, 7) is 2.23. The predicted molar refractivity (Wildman–Crippen MR) is 70.4 cm³/mol. The van der Waals surface area contributed by atoms with Gasteiger partial charge in [0.05, 0.1) is 11.6 Å². The van der Waals surface area contributed by atoms with Crippen LogP contribution in [0, 0.1) is 6.92 Å². The van der Waals surface area contributed by atoms with Crippen molar-refractivity contribution in [3.8, 4) is 0 Å². The lowest BCUT2D eigenvalue weighted by molar-refractivity contribution is -0.140. The molecular formula is C11H17N3O4S. The smallest absolute Gasteiger partial charge is 0.328 e. The summed E-state index contributed by atoms with van der Waals surface area (Å²) in [7, 11) is 1.38. The number of carbonyl (C=O) groups excluding carboxylic acids is 1. The van der Waals surface area contributed by atoms with E-state index >= 15 is 0 Å². The first kappa shape index (κ1) is 15.4. The molecule has 19 heavy (non-hydrogen) atoms. The predicted octanol–water partition coefficient (Wildman–Crippen LogP) is 0.393. The van der Waals surface area contributed by atoms with Crippen molar-refractivity contribution in [2.45, 2.75) is 19.4 Å². The number of nitrogens with zero attached hydrogens (tertiary/aromatic N) is 1. The minimum absolute atomic E-state index is 0.0750. The number of hydrogen-bond donors (Lipinski definition) is 3. The number of rotatable bonds is 7. The summed E-state index contributed by atoms with van der Waals surface area (Å²) in [5.41, 5.74) is 0.954. The summed E-state index contributed by atoms with van der Waals surface area (Å²) in [4.78, 5) is 26.5. The molecule has 1 unspecified atom stereocenters. The summed E-state index contributed by atoms with van der Waals surface area (Å²) < 4.78 is 4.71. The standard InChI is InChI=1S/C11H17N3O4S/c1-7-6-19-9(13-7)3-4-12-11(17)14-8(5-18-2)10(15)16/h6,8H,3-5H2,1-2H3,(H,15,16)(H2,12,14,17). The molecule has 1 heterocycles. The van der Waals surface area contributed by atoms with Gasteiger partial charge in [-0.2, -0.15) is 0 Å². The van der Waals surface area contributed by atoms with Gasteiger partial charge in [0.1, 0.15) is 0 Å². The number of aryl methyl sites for hydroxylation is 1. The zero-order valence-electron chi connectivity index (χ0n) is 10.8. The molecule has 106 valence electrons. The molecule has 1 atom stereocenters. The number of methoxy groups -OCH3 is 1. The highest BCUT2D eigenvalue weighted by molar-refractivity contribution is 7.09. The minimum Gasteiger partial charge on any atom is -0.480 e. The zero-order chi connectivity index (χ0) is 14.3. The van der Waals surface area contributed by atoms with Gasteiger partial charge in [-0.05, 0) is 6.92 Å². The van der Waals surface area contributed by atoms with Crippen molar-refractivity contribution in [1.29, 1.82) is 0 Å². The number of carbonyl (C=O) groups is 2. The number of thiazole rings is 1. The first-order valence-electron chi connectivity index (χ1n) is 5.70. The van der Waals surface area contributed by atoms with E-state index in [1.807, 2.05) is 12.3 Å². The van der Waals surface area contributed by atoms with E-state index in [0.29, 0.717) is 13.0 Å². The van der Waals surface area contributed by atoms with Crippen LogP contribution in [0.1, 0.15) is 10.7 Å². The van der Waals surface area contributed by atoms with Crippen molar-refractivity contribution in [2.24, 2.45) is 0 Å². The summed E-state index contributed by atoms with van der Waals surface area (Å²) >= 11 is 1.53. The molecule has 0 saturated heterocycles. The maximum Gasteiger partial charge on any atom is 0.328 e. The second-order valence-electron chi connectivity index (χ2n) is 3.88. The lowest BCUT2D eigenvalue weighted by atomic mass is 10.3. The molecule has 1 aromatic rings. The van der Waals surface area contributed by atoms with E-state index in [1.165, 1.54) is 18.4 Å². The molecular weight excluding hydrogens is 270 g/mol. The maximum absolute atomic E-state index is 11.5. The van der Waals surface area contributed by atoms with Crippen LogP contribution in [0.25, 0.3) is 0 Å². The number of carboxylic acids is 1. The van der Waals surface area contributed by atoms with Crippen LogP contribution in [-0.2, 0) is 16.0 Å². The normalized spacial score (nSPS) is 11.9. The molecule has 0 fully saturated rings. The second-order valence-corrected chi connectivity index (χ2v) is 4.82. The number of ether oxygens (including phenoxy) is 1. The van der Waals surface area contributed by atoms with E-state index in [1.54, 1.807) is 0 Å². The number of nitrogens with one attached hydrogen (secondary N) is 2. The topological polar surface area (TPSA) is 101 Å². The number of urea groups is 1. The van der Waals surface area contributed by atoms with E-state index in [2.05, 4.69) is 15.6 Å². The first-order chi connectivity index (χ1) is 9.02. The van der Waals surface area contributed by atoms with Crippen molar-refractivity contribution < 1.29 is 19.4 Å². The Hall–Kier alpha value is -1.67. The highest BCUT2D eigenvalue weighted by Crippen LogP contribution is 2.08. The van der Waals surface area contributed by atoms with Crippen LogP contribution in [0.15, 0.2) is 5.38 Å². The third-order valence-corrected chi connectivity index (χ3v) is 3.25. The molecule has 1 rings (SSSR count). The Morgan fingerprint density at radius 3 is 2.84 bits per heavy atom. The fourth-order valence-electron chi connectivity index (χ4n) is 1.35. The number of hydrogen-bond acceptors (Lipinski definition) is 5. The van der Waals surface area contributed by atoms with Gasteiger partial charge in [0.25, 0.3) is 0 Å². The third-order valence-electron chi connectivity index (χ3n) is 2.23. The molecule has 0 aliphatic carbocycles. The van der Waals surface area contributed by atoms with Crippen molar-refractivity contribution in [3.05, 3.63) is 16.1 Å². The van der Waals surface area contributed by atoms with Crippen LogP contribution < -0.4 is 10.6 Å². The molecule has 0 bridgehead atoms. The number of carboxylic acid groups (broad SMARTS) is 1. The SMILES string of the molecule is COCC(NC(=O)NCCc1nc(C)cs1)C(=O)O. The molecule has 0 aliphatic heterocycles. The summed E-state index contributed by atoms with van der Waals surface area (Å²) in [5.74, 6) is -1.13. The van der Waals surface area contributed by atoms with Crippen LogP contribution in [-0.4, -0.2) is 48.4 Å². The summed E-state index contributed by atoms with van der Waals surface area (Å²) in [5, 5.41) is 16.6. The fourth-order valence-corrected chi connectivity index (χ4v) is 2.13. The van der Waals surface area contributed by atoms with Crippen molar-refractivity contribution in [2.75, 3.05) is 20.3 Å². The van der Waals surface area contributed by atoms with Crippen LogP contribution >= 0.6 is 11.3 Å². The average molecular weight is 287 g/mol. The van der Waals surface area contributed by atoms with Gasteiger partial charge in [-0.1, -0.05) is 0 Å². The number of aromatic nitrogens is 1. The van der Waals surface area contributed by atoms with Gasteiger partial charge in [0.2, 0.25) is 0 Å². The lowest BCUT2D eigenvalue weighted by Crippen LogP contribution is -2.48. The monoisotopic (exact) mass is 287 g/mol. The molecule has 1 aromatic heterocycles. The molecule has 0 spiro atoms. The molecule has 0 saturated carbocycles. The maximum atomic E-state index is 11.5. The van der Waals surface area contributed by atoms with E-state index in [4.69, 9.17) is 9.84 Å². The van der Waals surface area contributed by atoms with E-state index < -0.39 is 18.0 Å². The zero-order valence-corrected chi connectivity index (χ0v) is 11.6. The molecule has 7 nitrogen and oxygen atoms in total. The Morgan fingerprint density at radius 2 is 2.32 bits per heavy atom.